The predicted molar refractivity (Wildman–Crippen MR) is 124 cm³/mol. The fourth-order valence-corrected chi connectivity index (χ4v) is 3.51. The Bertz CT molecular complexity index is 1310. The average molecular weight is 479 g/mol. The number of para-hydroxylation sites is 1. The molecular formula is C24H21N3O8. The van der Waals surface area contributed by atoms with Gasteiger partial charge < -0.3 is 29.6 Å². The smallest absolute Gasteiger partial charge is 0.286 e. The van der Waals surface area contributed by atoms with Crippen LogP contribution in [0.25, 0.3) is 0 Å². The third-order valence-corrected chi connectivity index (χ3v) is 5.25. The van der Waals surface area contributed by atoms with Crippen LogP contribution in [-0.4, -0.2) is 37.8 Å². The van der Waals surface area contributed by atoms with E-state index in [-0.39, 0.29) is 41.7 Å². The summed E-state index contributed by atoms with van der Waals surface area (Å²) in [4.78, 5) is 36.8. The van der Waals surface area contributed by atoms with Crippen LogP contribution < -0.4 is 29.6 Å². The van der Waals surface area contributed by atoms with Crippen LogP contribution in [0.4, 0.5) is 11.4 Å². The van der Waals surface area contributed by atoms with Gasteiger partial charge in [0.2, 0.25) is 6.79 Å². The second-order valence-electron chi connectivity index (χ2n) is 7.35. The van der Waals surface area contributed by atoms with Gasteiger partial charge in [-0.2, -0.15) is 0 Å². The molecule has 0 unspecified atom stereocenters. The summed E-state index contributed by atoms with van der Waals surface area (Å²) in [5.74, 6) is 0.268. The molecule has 2 N–H and O–H groups in total. The maximum absolute atomic E-state index is 13.0. The molecule has 0 atom stereocenters. The van der Waals surface area contributed by atoms with E-state index in [1.54, 1.807) is 30.3 Å². The quantitative estimate of drug-likeness (QED) is 0.370. The van der Waals surface area contributed by atoms with Crippen molar-refractivity contribution < 1.29 is 33.5 Å². The van der Waals surface area contributed by atoms with E-state index in [2.05, 4.69) is 10.6 Å². The molecule has 0 saturated heterocycles. The Morgan fingerprint density at radius 1 is 0.943 bits per heavy atom. The number of benzene rings is 3. The van der Waals surface area contributed by atoms with Gasteiger partial charge in [-0.3, -0.25) is 19.7 Å². The summed E-state index contributed by atoms with van der Waals surface area (Å²) in [6, 6.07) is 14.0. The Kier molecular flexibility index (Phi) is 6.67. The number of carbonyl (C=O) groups excluding carboxylic acids is 2. The van der Waals surface area contributed by atoms with Crippen LogP contribution >= 0.6 is 0 Å². The minimum Gasteiger partial charge on any atom is -0.493 e. The first kappa shape index (κ1) is 23.4. The zero-order chi connectivity index (χ0) is 24.9. The number of anilines is 1. The van der Waals surface area contributed by atoms with Gasteiger partial charge in [-0.05, 0) is 29.8 Å². The molecular weight excluding hydrogens is 458 g/mol. The Labute approximate surface area is 199 Å². The van der Waals surface area contributed by atoms with Crippen molar-refractivity contribution in [2.24, 2.45) is 0 Å². The van der Waals surface area contributed by atoms with Crippen LogP contribution in [0.5, 0.6) is 23.0 Å². The minimum atomic E-state index is -0.784. The zero-order valence-electron chi connectivity index (χ0n) is 18.8. The molecule has 0 bridgehead atoms. The van der Waals surface area contributed by atoms with Gasteiger partial charge in [-0.15, -0.1) is 0 Å². The summed E-state index contributed by atoms with van der Waals surface area (Å²) < 4.78 is 20.9. The first-order valence-electron chi connectivity index (χ1n) is 10.4. The lowest BCUT2D eigenvalue weighted by Crippen LogP contribution is -2.25. The number of carbonyl (C=O) groups is 2. The molecule has 11 heteroatoms. The van der Waals surface area contributed by atoms with Crippen LogP contribution in [0.15, 0.2) is 54.6 Å². The topological polar surface area (TPSA) is 138 Å². The normalized spacial score (nSPS) is 11.5. The molecule has 2 amide bonds. The van der Waals surface area contributed by atoms with E-state index in [4.69, 9.17) is 18.9 Å². The zero-order valence-corrected chi connectivity index (χ0v) is 18.8. The molecule has 180 valence electrons. The van der Waals surface area contributed by atoms with Crippen molar-refractivity contribution in [2.45, 2.75) is 6.54 Å². The number of hydrogen-bond acceptors (Lipinski definition) is 8. The van der Waals surface area contributed by atoms with Gasteiger partial charge in [0, 0.05) is 12.6 Å². The maximum atomic E-state index is 13.0. The number of nitrogens with zero attached hydrogens (tertiary/aromatic N) is 1. The number of nitrogens with one attached hydrogen (secondary N) is 2. The number of amides is 2. The molecule has 3 aromatic rings. The van der Waals surface area contributed by atoms with Crippen LogP contribution in [0.2, 0.25) is 0 Å². The number of methoxy groups -OCH3 is 2. The molecule has 0 spiro atoms. The van der Waals surface area contributed by atoms with E-state index in [9.17, 15) is 19.7 Å². The molecule has 1 aliphatic rings. The largest absolute Gasteiger partial charge is 0.493 e. The summed E-state index contributed by atoms with van der Waals surface area (Å²) in [5, 5.41) is 16.9. The lowest BCUT2D eigenvalue weighted by molar-refractivity contribution is -0.385. The second kappa shape index (κ2) is 10.00. The van der Waals surface area contributed by atoms with E-state index in [1.165, 1.54) is 32.4 Å². The highest BCUT2D eigenvalue weighted by Gasteiger charge is 2.25. The second-order valence-corrected chi connectivity index (χ2v) is 7.35. The third-order valence-electron chi connectivity index (χ3n) is 5.25. The molecule has 0 saturated carbocycles. The van der Waals surface area contributed by atoms with E-state index in [0.717, 1.165) is 11.6 Å². The lowest BCUT2D eigenvalue weighted by Gasteiger charge is -2.13. The van der Waals surface area contributed by atoms with Crippen molar-refractivity contribution in [1.82, 2.24) is 5.32 Å². The first-order chi connectivity index (χ1) is 16.9. The van der Waals surface area contributed by atoms with Gasteiger partial charge in [-0.1, -0.05) is 18.2 Å². The van der Waals surface area contributed by atoms with Crippen molar-refractivity contribution in [3.05, 3.63) is 81.4 Å². The maximum Gasteiger partial charge on any atom is 0.286 e. The molecule has 0 aromatic heterocycles. The summed E-state index contributed by atoms with van der Waals surface area (Å²) >= 11 is 0. The Hall–Kier alpha value is -4.80. The third kappa shape index (κ3) is 4.93. The number of ether oxygens (including phenoxy) is 4. The van der Waals surface area contributed by atoms with Crippen molar-refractivity contribution in [3.63, 3.8) is 0 Å². The Morgan fingerprint density at radius 3 is 2.40 bits per heavy atom. The molecule has 4 rings (SSSR count). The monoisotopic (exact) mass is 479 g/mol. The van der Waals surface area contributed by atoms with Crippen molar-refractivity contribution in [1.29, 1.82) is 0 Å². The summed E-state index contributed by atoms with van der Waals surface area (Å²) in [5.41, 5.74) is 0.452. The Morgan fingerprint density at radius 2 is 1.66 bits per heavy atom. The standard InChI is InChI=1S/C24H21N3O8/c1-32-20-10-16(18(27(30)31)11-21(20)33-2)24(29)26-17-6-4-3-5-15(17)23(28)25-12-14-7-8-19-22(9-14)35-13-34-19/h3-11H,12-13H2,1-2H3,(H,25,28)(H,26,29). The van der Waals surface area contributed by atoms with Gasteiger partial charge in [0.15, 0.2) is 23.0 Å². The number of nitro groups is 1. The first-order valence-corrected chi connectivity index (χ1v) is 10.4. The molecule has 11 nitrogen and oxygen atoms in total. The molecule has 0 fully saturated rings. The highest BCUT2D eigenvalue weighted by atomic mass is 16.7. The molecule has 35 heavy (non-hydrogen) atoms. The fourth-order valence-electron chi connectivity index (χ4n) is 3.51. The minimum absolute atomic E-state index is 0.110. The predicted octanol–water partition coefficient (Wildman–Crippen LogP) is 3.52. The van der Waals surface area contributed by atoms with E-state index in [1.807, 2.05) is 0 Å². The van der Waals surface area contributed by atoms with Crippen molar-refractivity contribution in [3.8, 4) is 23.0 Å². The molecule has 3 aromatic carbocycles. The highest BCUT2D eigenvalue weighted by Crippen LogP contribution is 2.35. The molecule has 1 aliphatic heterocycles. The number of fused-ring (bicyclic) bond motifs is 1. The van der Waals surface area contributed by atoms with Gasteiger partial charge in [-0.25, -0.2) is 0 Å². The SMILES string of the molecule is COc1cc(C(=O)Nc2ccccc2C(=O)NCc2ccc3c(c2)OCO3)c([N+](=O)[O-])cc1OC. The van der Waals surface area contributed by atoms with Crippen LogP contribution in [-0.2, 0) is 6.54 Å². The lowest BCUT2D eigenvalue weighted by atomic mass is 10.1. The summed E-state index contributed by atoms with van der Waals surface area (Å²) in [6.45, 7) is 0.357. The number of rotatable bonds is 8. The summed E-state index contributed by atoms with van der Waals surface area (Å²) in [6.07, 6.45) is 0. The van der Waals surface area contributed by atoms with Crippen molar-refractivity contribution >= 4 is 23.2 Å². The number of nitro benzene ring substituents is 1. The van der Waals surface area contributed by atoms with E-state index in [0.29, 0.717) is 11.5 Å². The van der Waals surface area contributed by atoms with Crippen LogP contribution in [0.1, 0.15) is 26.3 Å². The van der Waals surface area contributed by atoms with Gasteiger partial charge in [0.25, 0.3) is 17.5 Å². The molecule has 1 heterocycles. The molecule has 0 radical (unpaired) electrons. The van der Waals surface area contributed by atoms with E-state index >= 15 is 0 Å². The Balaban J connectivity index is 1.54. The fraction of sp³-hybridized carbons (Fsp3) is 0.167. The van der Waals surface area contributed by atoms with Crippen LogP contribution in [0, 0.1) is 10.1 Å². The van der Waals surface area contributed by atoms with Gasteiger partial charge in [0.1, 0.15) is 5.56 Å². The van der Waals surface area contributed by atoms with Crippen molar-refractivity contribution in [2.75, 3.05) is 26.3 Å². The average Bonchev–Trinajstić information content (AvgIpc) is 3.34. The molecule has 0 aliphatic carbocycles. The summed E-state index contributed by atoms with van der Waals surface area (Å²) in [7, 11) is 2.69. The van der Waals surface area contributed by atoms with Gasteiger partial charge >= 0.3 is 0 Å². The number of hydrogen-bond donors (Lipinski definition) is 2. The highest BCUT2D eigenvalue weighted by molar-refractivity contribution is 6.11. The van der Waals surface area contributed by atoms with Crippen LogP contribution in [0.3, 0.4) is 0 Å². The van der Waals surface area contributed by atoms with E-state index < -0.39 is 22.4 Å². The van der Waals surface area contributed by atoms with Gasteiger partial charge in [0.05, 0.1) is 36.5 Å².